The van der Waals surface area contributed by atoms with E-state index in [1.807, 2.05) is 0 Å². The number of carbonyl (C=O) groups is 3. The molecule has 0 saturated carbocycles. The number of nitrogens with zero attached hydrogens (tertiary/aromatic N) is 1. The molecular formula is C6H9NO6Zn. The van der Waals surface area contributed by atoms with Crippen LogP contribution < -0.4 is 0 Å². The van der Waals surface area contributed by atoms with Crippen LogP contribution in [0.1, 0.15) is 0 Å². The molecule has 0 heterocycles. The maximum atomic E-state index is 10.1. The second kappa shape index (κ2) is 7.40. The van der Waals surface area contributed by atoms with Gasteiger partial charge < -0.3 is 15.3 Å². The third-order valence-corrected chi connectivity index (χ3v) is 1.08. The summed E-state index contributed by atoms with van der Waals surface area (Å²) in [5, 5.41) is 24.8. The van der Waals surface area contributed by atoms with Gasteiger partial charge in [-0.3, -0.25) is 19.3 Å². The summed E-state index contributed by atoms with van der Waals surface area (Å²) in [6, 6.07) is 0. The predicted octanol–water partition coefficient (Wildman–Crippen LogP) is -1.46. The molecule has 0 spiro atoms. The average molecular weight is 257 g/mol. The van der Waals surface area contributed by atoms with E-state index in [9.17, 15) is 14.4 Å². The molecule has 0 saturated heterocycles. The molecule has 0 radical (unpaired) electrons. The smallest absolute Gasteiger partial charge is 0.317 e. The molecule has 0 rings (SSSR count). The van der Waals surface area contributed by atoms with Crippen LogP contribution in [0, 0.1) is 0 Å². The van der Waals surface area contributed by atoms with Crippen LogP contribution in [0.5, 0.6) is 0 Å². The van der Waals surface area contributed by atoms with Crippen LogP contribution in [0.2, 0.25) is 0 Å². The summed E-state index contributed by atoms with van der Waals surface area (Å²) in [7, 11) is 0. The Hall–Kier alpha value is -1.01. The second-order valence-corrected chi connectivity index (χ2v) is 2.33. The molecule has 0 aromatic heterocycles. The molecule has 0 amide bonds. The van der Waals surface area contributed by atoms with Crippen LogP contribution in [0.4, 0.5) is 0 Å². The first-order valence-electron chi connectivity index (χ1n) is 3.29. The molecule has 0 aliphatic heterocycles. The SMILES string of the molecule is O=C(O)CN(CC(=O)O)CC(=O)O.[Zn]. The van der Waals surface area contributed by atoms with E-state index in [2.05, 4.69) is 0 Å². The zero-order valence-electron chi connectivity index (χ0n) is 7.34. The van der Waals surface area contributed by atoms with E-state index >= 15 is 0 Å². The monoisotopic (exact) mass is 255 g/mol. The van der Waals surface area contributed by atoms with Crippen molar-refractivity contribution in [3.05, 3.63) is 0 Å². The van der Waals surface area contributed by atoms with Crippen molar-refractivity contribution in [2.45, 2.75) is 0 Å². The fraction of sp³-hybridized carbons (Fsp3) is 0.500. The van der Waals surface area contributed by atoms with Crippen molar-refractivity contribution in [2.24, 2.45) is 0 Å². The summed E-state index contributed by atoms with van der Waals surface area (Å²) >= 11 is 0. The second-order valence-electron chi connectivity index (χ2n) is 2.33. The normalized spacial score (nSPS) is 9.21. The van der Waals surface area contributed by atoms with Crippen molar-refractivity contribution in [1.82, 2.24) is 4.90 Å². The average Bonchev–Trinajstić information content (AvgIpc) is 1.80. The topological polar surface area (TPSA) is 115 Å². The van der Waals surface area contributed by atoms with Crippen LogP contribution in [0.3, 0.4) is 0 Å². The first-order valence-corrected chi connectivity index (χ1v) is 3.29. The number of carboxylic acids is 3. The summed E-state index contributed by atoms with van der Waals surface area (Å²) in [6.07, 6.45) is 0. The van der Waals surface area contributed by atoms with Crippen molar-refractivity contribution >= 4 is 17.9 Å². The number of rotatable bonds is 6. The quantitative estimate of drug-likeness (QED) is 0.497. The summed E-state index contributed by atoms with van der Waals surface area (Å²) in [4.78, 5) is 31.2. The third kappa shape index (κ3) is 9.08. The van der Waals surface area contributed by atoms with Crippen LogP contribution in [0.15, 0.2) is 0 Å². The van der Waals surface area contributed by atoms with Gasteiger partial charge in [0.05, 0.1) is 19.6 Å². The molecule has 0 unspecified atom stereocenters. The maximum Gasteiger partial charge on any atom is 0.317 e. The van der Waals surface area contributed by atoms with Gasteiger partial charge in [0.25, 0.3) is 0 Å². The van der Waals surface area contributed by atoms with Crippen molar-refractivity contribution in [2.75, 3.05) is 19.6 Å². The Morgan fingerprint density at radius 2 is 1.00 bits per heavy atom. The van der Waals surface area contributed by atoms with Gasteiger partial charge in [0.2, 0.25) is 0 Å². The summed E-state index contributed by atoms with van der Waals surface area (Å²) in [6.45, 7) is -1.80. The maximum absolute atomic E-state index is 10.1. The summed E-state index contributed by atoms with van der Waals surface area (Å²) in [5.74, 6) is -3.78. The van der Waals surface area contributed by atoms with Gasteiger partial charge in [0.1, 0.15) is 0 Å². The Morgan fingerprint density at radius 1 is 0.786 bits per heavy atom. The fourth-order valence-electron chi connectivity index (χ4n) is 0.742. The van der Waals surface area contributed by atoms with E-state index in [4.69, 9.17) is 15.3 Å². The molecule has 0 aromatic carbocycles. The van der Waals surface area contributed by atoms with Gasteiger partial charge in [-0.05, 0) is 0 Å². The number of carboxylic acid groups (broad SMARTS) is 3. The first kappa shape index (κ1) is 15.5. The van der Waals surface area contributed by atoms with Gasteiger partial charge in [0, 0.05) is 19.5 Å². The minimum Gasteiger partial charge on any atom is -0.480 e. The Balaban J connectivity index is 0. The Kier molecular flexibility index (Phi) is 8.18. The fourth-order valence-corrected chi connectivity index (χ4v) is 0.742. The summed E-state index contributed by atoms with van der Waals surface area (Å²) < 4.78 is 0. The molecule has 0 aromatic rings. The molecule has 0 aliphatic carbocycles. The van der Waals surface area contributed by atoms with E-state index in [0.29, 0.717) is 0 Å². The standard InChI is InChI=1S/C6H9NO6.Zn/c8-4(9)1-7(2-5(10)11)3-6(12)13;/h1-3H2,(H,8,9)(H,10,11)(H,12,13);. The molecule has 0 atom stereocenters. The Labute approximate surface area is 92.1 Å². The van der Waals surface area contributed by atoms with Crippen molar-refractivity contribution < 1.29 is 49.2 Å². The van der Waals surface area contributed by atoms with Crippen molar-refractivity contribution in [3.63, 3.8) is 0 Å². The van der Waals surface area contributed by atoms with Gasteiger partial charge in [-0.1, -0.05) is 0 Å². The third-order valence-electron chi connectivity index (χ3n) is 1.08. The zero-order valence-corrected chi connectivity index (χ0v) is 10.3. The molecule has 0 aliphatic rings. The molecule has 0 fully saturated rings. The van der Waals surface area contributed by atoms with E-state index in [-0.39, 0.29) is 19.5 Å². The van der Waals surface area contributed by atoms with E-state index < -0.39 is 37.5 Å². The molecule has 3 N–H and O–H groups in total. The molecule has 76 valence electrons. The van der Waals surface area contributed by atoms with Crippen LogP contribution >= 0.6 is 0 Å². The van der Waals surface area contributed by atoms with Gasteiger partial charge in [-0.25, -0.2) is 0 Å². The molecule has 0 bridgehead atoms. The van der Waals surface area contributed by atoms with Crippen molar-refractivity contribution in [3.8, 4) is 0 Å². The van der Waals surface area contributed by atoms with E-state index in [1.54, 1.807) is 0 Å². The van der Waals surface area contributed by atoms with Gasteiger partial charge in [-0.2, -0.15) is 0 Å². The Morgan fingerprint density at radius 3 is 1.14 bits per heavy atom. The van der Waals surface area contributed by atoms with Gasteiger partial charge in [0.15, 0.2) is 0 Å². The van der Waals surface area contributed by atoms with Crippen LogP contribution in [-0.2, 0) is 33.9 Å². The van der Waals surface area contributed by atoms with Gasteiger partial charge >= 0.3 is 17.9 Å². The predicted molar refractivity (Wildman–Crippen MR) is 39.3 cm³/mol. The minimum absolute atomic E-state index is 0. The van der Waals surface area contributed by atoms with Crippen molar-refractivity contribution in [1.29, 1.82) is 0 Å². The number of hydrogen-bond acceptors (Lipinski definition) is 4. The van der Waals surface area contributed by atoms with E-state index in [0.717, 1.165) is 4.90 Å². The number of hydrogen-bond donors (Lipinski definition) is 3. The summed E-state index contributed by atoms with van der Waals surface area (Å²) in [5.41, 5.74) is 0. The largest absolute Gasteiger partial charge is 0.480 e. The Bertz CT molecular complexity index is 192. The molecular weight excluding hydrogens is 247 g/mol. The molecule has 8 heteroatoms. The first-order chi connectivity index (χ1) is 5.91. The van der Waals surface area contributed by atoms with Crippen LogP contribution in [0.25, 0.3) is 0 Å². The zero-order chi connectivity index (χ0) is 10.4. The van der Waals surface area contributed by atoms with Crippen LogP contribution in [-0.4, -0.2) is 57.8 Å². The molecule has 14 heavy (non-hydrogen) atoms. The van der Waals surface area contributed by atoms with Gasteiger partial charge in [-0.15, -0.1) is 0 Å². The van der Waals surface area contributed by atoms with E-state index in [1.165, 1.54) is 0 Å². The number of aliphatic carboxylic acids is 3. The molecule has 7 nitrogen and oxygen atoms in total. The minimum atomic E-state index is -1.26.